The van der Waals surface area contributed by atoms with E-state index in [-0.39, 0.29) is 0 Å². The van der Waals surface area contributed by atoms with Crippen LogP contribution in [0.3, 0.4) is 0 Å². The van der Waals surface area contributed by atoms with Crippen molar-refractivity contribution in [2.24, 2.45) is 0 Å². The van der Waals surface area contributed by atoms with Gasteiger partial charge >= 0.3 is 0 Å². The van der Waals surface area contributed by atoms with Crippen LogP contribution >= 0.6 is 56.5 Å². The van der Waals surface area contributed by atoms with Gasteiger partial charge in [-0.05, 0) is 62.7 Å². The minimum absolute atomic E-state index is 0.385. The monoisotopic (exact) mass is 402 g/mol. The molecule has 0 radical (unpaired) electrons. The quantitative estimate of drug-likeness (QED) is 0.665. The van der Waals surface area contributed by atoms with Crippen molar-refractivity contribution in [2.45, 2.75) is 0 Å². The molecule has 1 N–H and O–H groups in total. The van der Waals surface area contributed by atoms with E-state index in [4.69, 9.17) is 0 Å². The van der Waals surface area contributed by atoms with Crippen molar-refractivity contribution in [3.05, 3.63) is 24.7 Å². The normalized spacial score (nSPS) is 10.8. The Morgan fingerprint density at radius 3 is 2.83 bits per heavy atom. The van der Waals surface area contributed by atoms with Crippen molar-refractivity contribution in [2.75, 3.05) is 0 Å². The van der Waals surface area contributed by atoms with Crippen LogP contribution in [0, 0.1) is 7.14 Å². The molecule has 4 heteroatoms. The Bertz CT molecular complexity index is 436. The second kappa shape index (κ2) is 3.30. The first-order valence-corrected chi connectivity index (χ1v) is 6.28. The molecule has 0 unspecified atom stereocenters. The highest BCUT2D eigenvalue weighted by molar-refractivity contribution is 14.1. The molecule has 0 bridgehead atoms. The maximum absolute atomic E-state index is 9.56. The van der Waals surface area contributed by atoms with Gasteiger partial charge in [0.2, 0.25) is 0 Å². The maximum Gasteiger partial charge on any atom is 0.125 e. The molecule has 2 rings (SSSR count). The fourth-order valence-corrected chi connectivity index (χ4v) is 3.48. The summed E-state index contributed by atoms with van der Waals surface area (Å²) in [4.78, 5) is 0. The Morgan fingerprint density at radius 2 is 2.08 bits per heavy atom. The van der Waals surface area contributed by atoms with Gasteiger partial charge in [-0.2, -0.15) is 0 Å². The molecule has 0 amide bonds. The predicted octanol–water partition coefficient (Wildman–Crippen LogP) is 3.82. The molecule has 1 nitrogen and oxygen atoms in total. The molecule has 0 aliphatic carbocycles. The minimum atomic E-state index is 0.385. The number of thiophene rings is 1. The van der Waals surface area contributed by atoms with Gasteiger partial charge < -0.3 is 5.11 Å². The second-order valence-electron chi connectivity index (χ2n) is 2.35. The summed E-state index contributed by atoms with van der Waals surface area (Å²) in [5, 5.41) is 12.5. The molecule has 1 heterocycles. The Kier molecular flexibility index (Phi) is 2.48. The fraction of sp³-hybridized carbons (Fsp3) is 0. The molecule has 0 aliphatic rings. The summed E-state index contributed by atoms with van der Waals surface area (Å²) < 4.78 is 3.52. The highest BCUT2D eigenvalue weighted by Gasteiger charge is 2.08. The van der Waals surface area contributed by atoms with Crippen molar-refractivity contribution >= 4 is 66.6 Å². The Labute approximate surface area is 101 Å². The molecule has 1 aromatic carbocycles. The van der Waals surface area contributed by atoms with E-state index in [1.807, 2.05) is 11.4 Å². The number of rotatable bonds is 0. The summed E-state index contributed by atoms with van der Waals surface area (Å²) >= 11 is 6.21. The first-order valence-electron chi connectivity index (χ1n) is 3.24. The van der Waals surface area contributed by atoms with Gasteiger partial charge in [0.15, 0.2) is 0 Å². The van der Waals surface area contributed by atoms with Crippen LogP contribution in [-0.4, -0.2) is 5.11 Å². The maximum atomic E-state index is 9.56. The zero-order chi connectivity index (χ0) is 8.72. The molecule has 0 atom stereocenters. The third-order valence-electron chi connectivity index (χ3n) is 1.61. The van der Waals surface area contributed by atoms with E-state index in [9.17, 15) is 5.11 Å². The lowest BCUT2D eigenvalue weighted by atomic mass is 10.2. The topological polar surface area (TPSA) is 20.2 Å². The third kappa shape index (κ3) is 1.33. The number of fused-ring (bicyclic) bond motifs is 1. The smallest absolute Gasteiger partial charge is 0.125 e. The van der Waals surface area contributed by atoms with Crippen molar-refractivity contribution < 1.29 is 5.11 Å². The van der Waals surface area contributed by atoms with Crippen LogP contribution in [0.1, 0.15) is 0 Å². The van der Waals surface area contributed by atoms with Crippen LogP contribution < -0.4 is 0 Å². The zero-order valence-corrected chi connectivity index (χ0v) is 11.0. The van der Waals surface area contributed by atoms with Crippen molar-refractivity contribution in [1.82, 2.24) is 0 Å². The summed E-state index contributed by atoms with van der Waals surface area (Å²) in [7, 11) is 0. The summed E-state index contributed by atoms with van der Waals surface area (Å²) in [6.45, 7) is 0. The summed E-state index contributed by atoms with van der Waals surface area (Å²) in [5.74, 6) is 0.385. The molecule has 0 spiro atoms. The highest BCUT2D eigenvalue weighted by atomic mass is 127. The van der Waals surface area contributed by atoms with Crippen LogP contribution in [0.2, 0.25) is 0 Å². The Hall–Kier alpha value is 0.440. The molecule has 0 saturated carbocycles. The van der Waals surface area contributed by atoms with Gasteiger partial charge in [-0.15, -0.1) is 11.3 Å². The van der Waals surface area contributed by atoms with E-state index >= 15 is 0 Å². The van der Waals surface area contributed by atoms with Crippen molar-refractivity contribution in [1.29, 1.82) is 0 Å². The molecule has 2 aromatic rings. The van der Waals surface area contributed by atoms with Gasteiger partial charge in [-0.3, -0.25) is 0 Å². The molecule has 12 heavy (non-hydrogen) atoms. The molecular formula is C8H4I2OS. The van der Waals surface area contributed by atoms with Crippen molar-refractivity contribution in [3.63, 3.8) is 0 Å². The number of phenolic OH excluding ortho intramolecular Hbond substituents is 1. The third-order valence-corrected chi connectivity index (χ3v) is 5.91. The van der Waals surface area contributed by atoms with E-state index < -0.39 is 0 Å². The summed E-state index contributed by atoms with van der Waals surface area (Å²) in [5.41, 5.74) is 0. The zero-order valence-electron chi connectivity index (χ0n) is 5.84. The number of phenols is 1. The molecule has 1 aromatic heterocycles. The van der Waals surface area contributed by atoms with Gasteiger partial charge in [0.1, 0.15) is 5.75 Å². The molecule has 0 aliphatic heterocycles. The number of hydrogen-bond acceptors (Lipinski definition) is 2. The van der Waals surface area contributed by atoms with Crippen molar-refractivity contribution in [3.8, 4) is 5.75 Å². The largest absolute Gasteiger partial charge is 0.507 e. The van der Waals surface area contributed by atoms with Gasteiger partial charge in [0.05, 0.1) is 4.70 Å². The lowest BCUT2D eigenvalue weighted by Gasteiger charge is -2.00. The Morgan fingerprint density at radius 1 is 1.33 bits per heavy atom. The van der Waals surface area contributed by atoms with E-state index in [1.54, 1.807) is 17.4 Å². The summed E-state index contributed by atoms with van der Waals surface area (Å²) in [6, 6.07) is 3.75. The SMILES string of the molecule is Oc1cc(I)c(I)c2sccc12. The molecular weight excluding hydrogens is 398 g/mol. The first-order chi connectivity index (χ1) is 5.70. The molecule has 0 saturated heterocycles. The van der Waals surface area contributed by atoms with E-state index in [1.165, 1.54) is 8.27 Å². The lowest BCUT2D eigenvalue weighted by Crippen LogP contribution is -1.79. The first kappa shape index (κ1) is 9.01. The van der Waals surface area contributed by atoms with Crippen LogP contribution in [0.25, 0.3) is 10.1 Å². The Balaban J connectivity index is 2.97. The van der Waals surface area contributed by atoms with Crippen LogP contribution in [0.5, 0.6) is 5.75 Å². The van der Waals surface area contributed by atoms with E-state index in [0.29, 0.717) is 5.75 Å². The van der Waals surface area contributed by atoms with Gasteiger partial charge in [-0.1, -0.05) is 0 Å². The van der Waals surface area contributed by atoms with Crippen LogP contribution in [0.15, 0.2) is 17.5 Å². The molecule has 0 fully saturated rings. The van der Waals surface area contributed by atoms with Gasteiger partial charge in [0, 0.05) is 12.5 Å². The van der Waals surface area contributed by atoms with Crippen LogP contribution in [0.4, 0.5) is 0 Å². The van der Waals surface area contributed by atoms with E-state index in [2.05, 4.69) is 45.2 Å². The average Bonchev–Trinajstić information content (AvgIpc) is 2.48. The minimum Gasteiger partial charge on any atom is -0.507 e. The standard InChI is InChI=1S/C8H4I2OS/c9-5-3-6(11)4-1-2-12-8(4)7(5)10/h1-3,11H. The lowest BCUT2D eigenvalue weighted by molar-refractivity contribution is 0.481. The second-order valence-corrected chi connectivity index (χ2v) is 5.51. The number of hydrogen-bond donors (Lipinski definition) is 1. The number of benzene rings is 1. The number of halogens is 2. The van der Waals surface area contributed by atoms with E-state index in [0.717, 1.165) is 8.96 Å². The highest BCUT2D eigenvalue weighted by Crippen LogP contribution is 2.35. The fourth-order valence-electron chi connectivity index (χ4n) is 1.05. The van der Waals surface area contributed by atoms with Gasteiger partial charge in [0.25, 0.3) is 0 Å². The average molecular weight is 402 g/mol. The van der Waals surface area contributed by atoms with Gasteiger partial charge in [-0.25, -0.2) is 0 Å². The summed E-state index contributed by atoms with van der Waals surface area (Å²) in [6.07, 6.45) is 0. The van der Waals surface area contributed by atoms with Crippen LogP contribution in [-0.2, 0) is 0 Å². The molecule has 62 valence electrons. The number of aromatic hydroxyl groups is 1. The predicted molar refractivity (Wildman–Crippen MR) is 68.9 cm³/mol.